The Morgan fingerprint density at radius 3 is 2.72 bits per heavy atom. The van der Waals surface area contributed by atoms with Gasteiger partial charge in [-0.1, -0.05) is 0 Å². The molecule has 0 radical (unpaired) electrons. The minimum absolute atomic E-state index is 0.0710. The molecule has 0 fully saturated rings. The van der Waals surface area contributed by atoms with Gasteiger partial charge in [-0.05, 0) is 25.6 Å². The van der Waals surface area contributed by atoms with E-state index < -0.39 is 11.6 Å². The van der Waals surface area contributed by atoms with Gasteiger partial charge in [0.25, 0.3) is 5.89 Å². The van der Waals surface area contributed by atoms with Gasteiger partial charge in [-0.2, -0.15) is 0 Å². The molecule has 96 valence electrons. The van der Waals surface area contributed by atoms with E-state index in [9.17, 15) is 8.78 Å². The number of aryl methyl sites for hydroxylation is 1. The van der Waals surface area contributed by atoms with Crippen LogP contribution in [0.15, 0.2) is 16.5 Å². The number of benzene rings is 1. The summed E-state index contributed by atoms with van der Waals surface area (Å²) in [6, 6.07) is 2.18. The summed E-state index contributed by atoms with van der Waals surface area (Å²) in [4.78, 5) is 0. The maximum absolute atomic E-state index is 13.6. The highest BCUT2D eigenvalue weighted by molar-refractivity contribution is 5.55. The number of rotatable bonds is 4. The Labute approximate surface area is 103 Å². The molecule has 6 heteroatoms. The van der Waals surface area contributed by atoms with Crippen LogP contribution < -0.4 is 5.32 Å². The second-order valence-corrected chi connectivity index (χ2v) is 3.94. The number of aromatic nitrogens is 2. The van der Waals surface area contributed by atoms with Crippen molar-refractivity contribution in [3.8, 4) is 11.5 Å². The summed E-state index contributed by atoms with van der Waals surface area (Å²) >= 11 is 0. The fourth-order valence-electron chi connectivity index (χ4n) is 1.52. The first-order valence-electron chi connectivity index (χ1n) is 5.55. The van der Waals surface area contributed by atoms with Crippen molar-refractivity contribution < 1.29 is 13.2 Å². The summed E-state index contributed by atoms with van der Waals surface area (Å²) in [5, 5.41) is 10.5. The van der Waals surface area contributed by atoms with Crippen molar-refractivity contribution in [2.75, 3.05) is 13.6 Å². The smallest absolute Gasteiger partial charge is 0.250 e. The van der Waals surface area contributed by atoms with Gasteiger partial charge in [-0.25, -0.2) is 8.78 Å². The Bertz CT molecular complexity index is 554. The van der Waals surface area contributed by atoms with E-state index in [1.807, 2.05) is 0 Å². The van der Waals surface area contributed by atoms with Crippen molar-refractivity contribution in [3.05, 3.63) is 35.2 Å². The third-order valence-corrected chi connectivity index (χ3v) is 2.53. The molecule has 1 aromatic heterocycles. The number of nitrogens with zero attached hydrogens (tertiary/aromatic N) is 2. The highest BCUT2D eigenvalue weighted by Gasteiger charge is 2.15. The van der Waals surface area contributed by atoms with E-state index in [4.69, 9.17) is 4.42 Å². The second-order valence-electron chi connectivity index (χ2n) is 3.94. The highest BCUT2D eigenvalue weighted by Crippen LogP contribution is 2.24. The Kier molecular flexibility index (Phi) is 3.66. The van der Waals surface area contributed by atoms with Crippen LogP contribution in [-0.2, 0) is 6.42 Å². The van der Waals surface area contributed by atoms with Gasteiger partial charge in [0.05, 0.1) is 5.56 Å². The standard InChI is InChI=1S/C12H13F2N3O/c1-7-5-8(10(14)6-9(7)13)12-17-16-11(18-12)3-4-15-2/h5-6,15H,3-4H2,1-2H3. The largest absolute Gasteiger partial charge is 0.421 e. The maximum Gasteiger partial charge on any atom is 0.250 e. The lowest BCUT2D eigenvalue weighted by Gasteiger charge is -2.01. The minimum Gasteiger partial charge on any atom is -0.421 e. The molecule has 1 aromatic carbocycles. The average Bonchev–Trinajstić information content (AvgIpc) is 2.79. The van der Waals surface area contributed by atoms with Crippen molar-refractivity contribution in [1.82, 2.24) is 15.5 Å². The van der Waals surface area contributed by atoms with Crippen LogP contribution in [0.1, 0.15) is 11.5 Å². The van der Waals surface area contributed by atoms with E-state index in [0.717, 1.165) is 6.07 Å². The molecule has 0 spiro atoms. The first-order valence-corrected chi connectivity index (χ1v) is 5.55. The van der Waals surface area contributed by atoms with Crippen molar-refractivity contribution in [1.29, 1.82) is 0 Å². The topological polar surface area (TPSA) is 51.0 Å². The molecule has 0 aliphatic heterocycles. The third-order valence-electron chi connectivity index (χ3n) is 2.53. The molecule has 0 bridgehead atoms. The maximum atomic E-state index is 13.6. The zero-order valence-electron chi connectivity index (χ0n) is 10.1. The van der Waals surface area contributed by atoms with Crippen molar-refractivity contribution in [2.45, 2.75) is 13.3 Å². The van der Waals surface area contributed by atoms with Crippen molar-refractivity contribution in [2.24, 2.45) is 0 Å². The van der Waals surface area contributed by atoms with Crippen LogP contribution in [0.2, 0.25) is 0 Å². The van der Waals surface area contributed by atoms with Crippen LogP contribution in [0.3, 0.4) is 0 Å². The van der Waals surface area contributed by atoms with Crippen LogP contribution in [0.5, 0.6) is 0 Å². The van der Waals surface area contributed by atoms with Gasteiger partial charge in [0.15, 0.2) is 0 Å². The van der Waals surface area contributed by atoms with Crippen LogP contribution >= 0.6 is 0 Å². The van der Waals surface area contributed by atoms with E-state index in [0.29, 0.717) is 24.4 Å². The molecular formula is C12H13F2N3O. The SMILES string of the molecule is CNCCc1nnc(-c2cc(C)c(F)cc2F)o1. The summed E-state index contributed by atoms with van der Waals surface area (Å²) < 4.78 is 32.1. The molecule has 0 saturated heterocycles. The lowest BCUT2D eigenvalue weighted by molar-refractivity contribution is 0.495. The first-order chi connectivity index (χ1) is 8.61. The summed E-state index contributed by atoms with van der Waals surface area (Å²) in [6.45, 7) is 2.24. The molecule has 0 aliphatic rings. The Balaban J connectivity index is 2.31. The summed E-state index contributed by atoms with van der Waals surface area (Å²) in [6.07, 6.45) is 0.561. The molecule has 0 saturated carbocycles. The Hall–Kier alpha value is -1.82. The number of nitrogens with one attached hydrogen (secondary N) is 1. The van der Waals surface area contributed by atoms with Gasteiger partial charge in [0.2, 0.25) is 5.89 Å². The highest BCUT2D eigenvalue weighted by atomic mass is 19.1. The number of halogens is 2. The van der Waals surface area contributed by atoms with E-state index in [-0.39, 0.29) is 11.5 Å². The summed E-state index contributed by atoms with van der Waals surface area (Å²) in [5.41, 5.74) is 0.457. The van der Waals surface area contributed by atoms with Crippen molar-refractivity contribution in [3.63, 3.8) is 0 Å². The lowest BCUT2D eigenvalue weighted by atomic mass is 10.1. The Morgan fingerprint density at radius 1 is 1.22 bits per heavy atom. The van der Waals surface area contributed by atoms with Gasteiger partial charge in [-0.3, -0.25) is 0 Å². The fraction of sp³-hybridized carbons (Fsp3) is 0.333. The van der Waals surface area contributed by atoms with Crippen molar-refractivity contribution >= 4 is 0 Å². The monoisotopic (exact) mass is 253 g/mol. The molecule has 1 heterocycles. The summed E-state index contributed by atoms with van der Waals surface area (Å²) in [7, 11) is 1.81. The quantitative estimate of drug-likeness (QED) is 0.906. The molecule has 4 nitrogen and oxygen atoms in total. The van der Waals surface area contributed by atoms with Crippen LogP contribution in [-0.4, -0.2) is 23.8 Å². The first kappa shape index (κ1) is 12.6. The van der Waals surface area contributed by atoms with Gasteiger partial charge in [-0.15, -0.1) is 10.2 Å². The normalized spacial score (nSPS) is 10.9. The molecule has 0 atom stereocenters. The molecule has 0 aliphatic carbocycles. The van der Waals surface area contributed by atoms with Gasteiger partial charge >= 0.3 is 0 Å². The molecule has 0 unspecified atom stereocenters. The minimum atomic E-state index is -0.707. The number of hydrogen-bond acceptors (Lipinski definition) is 4. The van der Waals surface area contributed by atoms with Gasteiger partial charge in [0.1, 0.15) is 11.6 Å². The third kappa shape index (κ3) is 2.53. The van der Waals surface area contributed by atoms with Crippen LogP contribution in [0, 0.1) is 18.6 Å². The molecular weight excluding hydrogens is 240 g/mol. The van der Waals surface area contributed by atoms with Crippen LogP contribution in [0.4, 0.5) is 8.78 Å². The van der Waals surface area contributed by atoms with Gasteiger partial charge < -0.3 is 9.73 Å². The zero-order chi connectivity index (χ0) is 13.1. The molecule has 1 N–H and O–H groups in total. The lowest BCUT2D eigenvalue weighted by Crippen LogP contribution is -2.10. The van der Waals surface area contributed by atoms with E-state index in [1.54, 1.807) is 14.0 Å². The summed E-state index contributed by atoms with van der Waals surface area (Å²) in [5.74, 6) is -0.810. The zero-order valence-corrected chi connectivity index (χ0v) is 10.1. The fourth-order valence-corrected chi connectivity index (χ4v) is 1.52. The number of hydrogen-bond donors (Lipinski definition) is 1. The van der Waals surface area contributed by atoms with E-state index >= 15 is 0 Å². The Morgan fingerprint density at radius 2 is 2.00 bits per heavy atom. The predicted octanol–water partition coefficient (Wildman–Crippen LogP) is 2.09. The second kappa shape index (κ2) is 5.22. The molecule has 18 heavy (non-hydrogen) atoms. The predicted molar refractivity (Wildman–Crippen MR) is 62.0 cm³/mol. The molecule has 2 aromatic rings. The van der Waals surface area contributed by atoms with Gasteiger partial charge in [0, 0.05) is 19.0 Å². The molecule has 0 amide bonds. The molecule has 2 rings (SSSR count). The average molecular weight is 253 g/mol. The number of likely N-dealkylation sites (N-methyl/N-ethyl adjacent to an activating group) is 1. The van der Waals surface area contributed by atoms with E-state index in [1.165, 1.54) is 6.07 Å². The van der Waals surface area contributed by atoms with E-state index in [2.05, 4.69) is 15.5 Å². The van der Waals surface area contributed by atoms with Crippen LogP contribution in [0.25, 0.3) is 11.5 Å².